The molecule has 0 amide bonds. The van der Waals surface area contributed by atoms with Gasteiger partial charge in [0, 0.05) is 5.41 Å². The highest BCUT2D eigenvalue weighted by atomic mass is 16.6. The summed E-state index contributed by atoms with van der Waals surface area (Å²) in [4.78, 5) is 23.1. The summed E-state index contributed by atoms with van der Waals surface area (Å²) in [6.07, 6.45) is 3.45. The summed E-state index contributed by atoms with van der Waals surface area (Å²) < 4.78 is 10.4. The van der Waals surface area contributed by atoms with Crippen molar-refractivity contribution in [2.75, 3.05) is 6.61 Å². The number of hydrogen-bond donors (Lipinski definition) is 0. The maximum atomic E-state index is 11.6. The number of carbonyl (C=O) groups is 2. The van der Waals surface area contributed by atoms with Gasteiger partial charge in [-0.05, 0) is 20.8 Å². The smallest absolute Gasteiger partial charge is 0.314 e. The van der Waals surface area contributed by atoms with Crippen LogP contribution in [0.5, 0.6) is 0 Å². The minimum Gasteiger partial charge on any atom is -0.461 e. The van der Waals surface area contributed by atoms with Crippen LogP contribution in [0.4, 0.5) is 0 Å². The summed E-state index contributed by atoms with van der Waals surface area (Å²) in [6.45, 7) is 7.48. The second-order valence-electron chi connectivity index (χ2n) is 5.98. The van der Waals surface area contributed by atoms with Crippen molar-refractivity contribution in [1.29, 1.82) is 0 Å². The van der Waals surface area contributed by atoms with E-state index in [1.807, 2.05) is 19.1 Å². The first-order valence-corrected chi connectivity index (χ1v) is 5.82. The van der Waals surface area contributed by atoms with Gasteiger partial charge in [0.25, 0.3) is 0 Å². The van der Waals surface area contributed by atoms with Crippen molar-refractivity contribution in [3.63, 3.8) is 0 Å². The Morgan fingerprint density at radius 1 is 1.53 bits per heavy atom. The van der Waals surface area contributed by atoms with Crippen molar-refractivity contribution >= 4 is 11.9 Å². The first-order chi connectivity index (χ1) is 7.75. The zero-order valence-corrected chi connectivity index (χ0v) is 10.6. The van der Waals surface area contributed by atoms with E-state index in [1.165, 1.54) is 0 Å². The molecule has 0 spiro atoms. The Morgan fingerprint density at radius 2 is 2.18 bits per heavy atom. The number of ether oxygens (including phenoxy) is 2. The standard InChI is InChI=1S/C13H18O4/c1-12(2,3)11(15)16-7-9-13(4)6-5-8(13)10(14)17-9/h5-6,8-9H,7H2,1-4H3/t8-,9-,13+/m1/s1. The largest absolute Gasteiger partial charge is 0.461 e. The fourth-order valence-corrected chi connectivity index (χ4v) is 2.06. The van der Waals surface area contributed by atoms with Gasteiger partial charge in [-0.2, -0.15) is 0 Å². The molecule has 2 aliphatic rings. The molecule has 4 heteroatoms. The van der Waals surface area contributed by atoms with Gasteiger partial charge in [0.05, 0.1) is 11.3 Å². The first-order valence-electron chi connectivity index (χ1n) is 5.82. The van der Waals surface area contributed by atoms with Gasteiger partial charge in [0.1, 0.15) is 12.7 Å². The lowest BCUT2D eigenvalue weighted by Gasteiger charge is -2.34. The molecule has 1 saturated heterocycles. The van der Waals surface area contributed by atoms with Crippen molar-refractivity contribution in [3.8, 4) is 0 Å². The fourth-order valence-electron chi connectivity index (χ4n) is 2.06. The Morgan fingerprint density at radius 3 is 2.59 bits per heavy atom. The first kappa shape index (κ1) is 12.1. The number of fused-ring (bicyclic) bond motifs is 1. The number of hydrogen-bond acceptors (Lipinski definition) is 4. The summed E-state index contributed by atoms with van der Waals surface area (Å²) in [5.74, 6) is -0.656. The Kier molecular flexibility index (Phi) is 2.56. The van der Waals surface area contributed by atoms with E-state index in [4.69, 9.17) is 9.47 Å². The minimum absolute atomic E-state index is 0.138. The highest BCUT2D eigenvalue weighted by Gasteiger charge is 2.56. The summed E-state index contributed by atoms with van der Waals surface area (Å²) in [7, 11) is 0. The second-order valence-corrected chi connectivity index (χ2v) is 5.98. The van der Waals surface area contributed by atoms with Crippen LogP contribution in [0.25, 0.3) is 0 Å². The average molecular weight is 238 g/mol. The van der Waals surface area contributed by atoms with E-state index in [1.54, 1.807) is 20.8 Å². The number of cyclic esters (lactones) is 1. The van der Waals surface area contributed by atoms with Gasteiger partial charge in [-0.1, -0.05) is 19.1 Å². The van der Waals surface area contributed by atoms with E-state index in [2.05, 4.69) is 0 Å². The summed E-state index contributed by atoms with van der Waals surface area (Å²) in [6, 6.07) is 0. The van der Waals surface area contributed by atoms with Crippen LogP contribution in [-0.2, 0) is 19.1 Å². The SMILES string of the molecule is CC(C)(C)C(=O)OC[C@H]1OC(=O)[C@H]2C=C[C@@]21C. The van der Waals surface area contributed by atoms with Crippen LogP contribution < -0.4 is 0 Å². The van der Waals surface area contributed by atoms with Crippen LogP contribution in [0.15, 0.2) is 12.2 Å². The molecule has 1 fully saturated rings. The van der Waals surface area contributed by atoms with Gasteiger partial charge < -0.3 is 9.47 Å². The topological polar surface area (TPSA) is 52.6 Å². The monoisotopic (exact) mass is 238 g/mol. The van der Waals surface area contributed by atoms with Gasteiger partial charge in [0.15, 0.2) is 0 Å². The number of rotatable bonds is 2. The van der Waals surface area contributed by atoms with E-state index in [-0.39, 0.29) is 36.0 Å². The molecule has 0 aromatic carbocycles. The Balaban J connectivity index is 1.96. The molecule has 0 bridgehead atoms. The second kappa shape index (κ2) is 3.59. The van der Waals surface area contributed by atoms with Crippen molar-refractivity contribution in [3.05, 3.63) is 12.2 Å². The quantitative estimate of drug-likeness (QED) is 0.542. The lowest BCUT2D eigenvalue weighted by atomic mass is 9.67. The Labute approximate surface area is 101 Å². The third-order valence-electron chi connectivity index (χ3n) is 3.50. The van der Waals surface area contributed by atoms with Gasteiger partial charge in [-0.15, -0.1) is 0 Å². The third kappa shape index (κ3) is 1.85. The predicted octanol–water partition coefficient (Wildman–Crippen LogP) is 1.69. The molecule has 1 aliphatic heterocycles. The average Bonchev–Trinajstić information content (AvgIpc) is 2.33. The van der Waals surface area contributed by atoms with Crippen molar-refractivity contribution < 1.29 is 19.1 Å². The van der Waals surface area contributed by atoms with Gasteiger partial charge in [-0.3, -0.25) is 9.59 Å². The van der Waals surface area contributed by atoms with Gasteiger partial charge in [0.2, 0.25) is 0 Å². The molecule has 17 heavy (non-hydrogen) atoms. The van der Waals surface area contributed by atoms with Crippen molar-refractivity contribution in [2.24, 2.45) is 16.7 Å². The van der Waals surface area contributed by atoms with E-state index in [0.29, 0.717) is 0 Å². The Bertz CT molecular complexity index is 391. The van der Waals surface area contributed by atoms with Crippen molar-refractivity contribution in [1.82, 2.24) is 0 Å². The van der Waals surface area contributed by atoms with Crippen LogP contribution in [-0.4, -0.2) is 24.6 Å². The summed E-state index contributed by atoms with van der Waals surface area (Å²) >= 11 is 0. The van der Waals surface area contributed by atoms with E-state index >= 15 is 0 Å². The molecule has 0 aromatic rings. The molecule has 0 radical (unpaired) electrons. The molecule has 1 aliphatic carbocycles. The minimum atomic E-state index is -0.529. The van der Waals surface area contributed by atoms with Crippen molar-refractivity contribution in [2.45, 2.75) is 33.8 Å². The molecule has 0 saturated carbocycles. The maximum absolute atomic E-state index is 11.6. The van der Waals surface area contributed by atoms with Crippen LogP contribution in [0.3, 0.4) is 0 Å². The van der Waals surface area contributed by atoms with Crippen LogP contribution in [0, 0.1) is 16.7 Å². The Hall–Kier alpha value is -1.32. The normalized spacial score (nSPS) is 34.9. The predicted molar refractivity (Wildman–Crippen MR) is 61.0 cm³/mol. The molecule has 0 N–H and O–H groups in total. The van der Waals surface area contributed by atoms with E-state index in [9.17, 15) is 9.59 Å². The molecular formula is C13H18O4. The van der Waals surface area contributed by atoms with Crippen LogP contribution >= 0.6 is 0 Å². The zero-order chi connectivity index (χ0) is 12.8. The highest BCUT2D eigenvalue weighted by Crippen LogP contribution is 2.49. The van der Waals surface area contributed by atoms with E-state index < -0.39 is 5.41 Å². The van der Waals surface area contributed by atoms with Crippen LogP contribution in [0.2, 0.25) is 0 Å². The summed E-state index contributed by atoms with van der Waals surface area (Å²) in [5.41, 5.74) is -0.826. The lowest BCUT2D eigenvalue weighted by molar-refractivity contribution is -0.160. The molecular weight excluding hydrogens is 220 g/mol. The molecule has 1 heterocycles. The lowest BCUT2D eigenvalue weighted by Crippen LogP contribution is -2.40. The third-order valence-corrected chi connectivity index (χ3v) is 3.50. The van der Waals surface area contributed by atoms with E-state index in [0.717, 1.165) is 0 Å². The number of esters is 2. The maximum Gasteiger partial charge on any atom is 0.314 e. The summed E-state index contributed by atoms with van der Waals surface area (Å²) in [5, 5.41) is 0. The molecule has 2 rings (SSSR count). The van der Waals surface area contributed by atoms with Gasteiger partial charge >= 0.3 is 11.9 Å². The molecule has 0 unspecified atom stereocenters. The fraction of sp³-hybridized carbons (Fsp3) is 0.692. The van der Waals surface area contributed by atoms with Gasteiger partial charge in [-0.25, -0.2) is 0 Å². The molecule has 3 atom stereocenters. The molecule has 94 valence electrons. The molecule has 4 nitrogen and oxygen atoms in total. The van der Waals surface area contributed by atoms with Crippen LogP contribution in [0.1, 0.15) is 27.7 Å². The zero-order valence-electron chi connectivity index (χ0n) is 10.6. The highest BCUT2D eigenvalue weighted by molar-refractivity contribution is 5.81. The molecule has 0 aromatic heterocycles. The number of carbonyl (C=O) groups excluding carboxylic acids is 2.